The highest BCUT2D eigenvalue weighted by atomic mass is 127. The number of carbonyl (C=O) groups excluding carboxylic acids is 1. The summed E-state index contributed by atoms with van der Waals surface area (Å²) in [7, 11) is 2.05. The van der Waals surface area contributed by atoms with Gasteiger partial charge < -0.3 is 20.0 Å². The molecule has 1 amide bonds. The van der Waals surface area contributed by atoms with Crippen molar-refractivity contribution in [1.82, 2.24) is 25.1 Å². The van der Waals surface area contributed by atoms with Crippen molar-refractivity contribution < 1.29 is 4.79 Å². The normalized spacial score (nSPS) is 14.5. The lowest BCUT2D eigenvalue weighted by Gasteiger charge is -2.34. The Balaban J connectivity index is 0.00000392. The SMILES string of the molecule is CCCCN(C)C(=NCCC(=O)N1CCN(c2ncccn2)CC1)NCC.I. The minimum Gasteiger partial charge on any atom is -0.357 e. The van der Waals surface area contributed by atoms with Gasteiger partial charge in [-0.05, 0) is 19.4 Å². The molecule has 0 unspecified atom stereocenters. The van der Waals surface area contributed by atoms with E-state index in [1.165, 1.54) is 0 Å². The molecule has 2 rings (SSSR count). The number of amides is 1. The first-order chi connectivity index (χ1) is 13.2. The molecular weight excluding hydrogens is 469 g/mol. The molecule has 0 spiro atoms. The predicted octanol–water partition coefficient (Wildman–Crippen LogP) is 1.83. The number of nitrogens with zero attached hydrogens (tertiary/aromatic N) is 6. The quantitative estimate of drug-likeness (QED) is 0.332. The summed E-state index contributed by atoms with van der Waals surface area (Å²) in [6, 6.07) is 1.81. The van der Waals surface area contributed by atoms with Crippen molar-refractivity contribution in [3.05, 3.63) is 18.5 Å². The summed E-state index contributed by atoms with van der Waals surface area (Å²) in [6.45, 7) is 9.49. The molecule has 1 saturated heterocycles. The summed E-state index contributed by atoms with van der Waals surface area (Å²) in [5, 5.41) is 3.30. The maximum absolute atomic E-state index is 12.5. The lowest BCUT2D eigenvalue weighted by Crippen LogP contribution is -2.49. The molecule has 9 heteroatoms. The molecule has 0 atom stereocenters. The molecule has 0 radical (unpaired) electrons. The van der Waals surface area contributed by atoms with Crippen LogP contribution in [0.1, 0.15) is 33.1 Å². The minimum absolute atomic E-state index is 0. The Labute approximate surface area is 185 Å². The van der Waals surface area contributed by atoms with Crippen LogP contribution in [0.4, 0.5) is 5.95 Å². The molecule has 1 aromatic heterocycles. The molecule has 158 valence electrons. The number of anilines is 1. The molecule has 1 aliphatic heterocycles. The molecule has 2 heterocycles. The van der Waals surface area contributed by atoms with Crippen molar-refractivity contribution in [1.29, 1.82) is 0 Å². The lowest BCUT2D eigenvalue weighted by atomic mass is 10.3. The molecule has 0 saturated carbocycles. The fraction of sp³-hybridized carbons (Fsp3) is 0.684. The Morgan fingerprint density at radius 1 is 1.21 bits per heavy atom. The molecular formula is C19H34IN7O. The number of unbranched alkanes of at least 4 members (excludes halogenated alkanes) is 1. The van der Waals surface area contributed by atoms with Crippen LogP contribution in [-0.2, 0) is 4.79 Å². The van der Waals surface area contributed by atoms with E-state index < -0.39 is 0 Å². The van der Waals surface area contributed by atoms with Gasteiger partial charge in [-0.3, -0.25) is 9.79 Å². The third-order valence-electron chi connectivity index (χ3n) is 4.60. The van der Waals surface area contributed by atoms with Gasteiger partial charge in [0.05, 0.1) is 6.54 Å². The van der Waals surface area contributed by atoms with Gasteiger partial charge in [0.2, 0.25) is 11.9 Å². The highest BCUT2D eigenvalue weighted by Gasteiger charge is 2.22. The maximum Gasteiger partial charge on any atom is 0.225 e. The van der Waals surface area contributed by atoms with Crippen molar-refractivity contribution in [3.8, 4) is 0 Å². The molecule has 1 N–H and O–H groups in total. The maximum atomic E-state index is 12.5. The van der Waals surface area contributed by atoms with Gasteiger partial charge in [-0.15, -0.1) is 24.0 Å². The van der Waals surface area contributed by atoms with Gasteiger partial charge in [0.15, 0.2) is 5.96 Å². The largest absolute Gasteiger partial charge is 0.357 e. The van der Waals surface area contributed by atoms with E-state index in [4.69, 9.17) is 0 Å². The number of hydrogen-bond donors (Lipinski definition) is 1. The lowest BCUT2D eigenvalue weighted by molar-refractivity contribution is -0.131. The van der Waals surface area contributed by atoms with Crippen LogP contribution >= 0.6 is 24.0 Å². The first kappa shape index (κ1) is 24.4. The number of hydrogen-bond acceptors (Lipinski definition) is 5. The number of piperazine rings is 1. The average molecular weight is 503 g/mol. The predicted molar refractivity (Wildman–Crippen MR) is 124 cm³/mol. The summed E-state index contributed by atoms with van der Waals surface area (Å²) in [5.74, 6) is 1.78. The van der Waals surface area contributed by atoms with E-state index in [0.717, 1.165) is 50.9 Å². The van der Waals surface area contributed by atoms with Gasteiger partial charge >= 0.3 is 0 Å². The van der Waals surface area contributed by atoms with Gasteiger partial charge in [-0.25, -0.2) is 9.97 Å². The standard InChI is InChI=1S/C19H33N7O.HI/c1-4-6-12-24(3)18(20-5-2)23-11-8-17(27)25-13-15-26(16-14-25)19-21-9-7-10-22-19;/h7,9-10H,4-6,8,11-16H2,1-3H3,(H,20,23);1H. The van der Waals surface area contributed by atoms with Crippen molar-refractivity contribution >= 4 is 41.8 Å². The van der Waals surface area contributed by atoms with Gasteiger partial charge in [0.1, 0.15) is 0 Å². The Morgan fingerprint density at radius 2 is 1.89 bits per heavy atom. The van der Waals surface area contributed by atoms with Gasteiger partial charge in [-0.1, -0.05) is 13.3 Å². The van der Waals surface area contributed by atoms with Crippen molar-refractivity contribution in [2.24, 2.45) is 4.99 Å². The van der Waals surface area contributed by atoms with Crippen LogP contribution in [0, 0.1) is 0 Å². The van der Waals surface area contributed by atoms with Crippen LogP contribution in [0.15, 0.2) is 23.5 Å². The highest BCUT2D eigenvalue weighted by Crippen LogP contribution is 2.10. The molecule has 0 bridgehead atoms. The molecule has 1 fully saturated rings. The number of guanidine groups is 1. The summed E-state index contributed by atoms with van der Waals surface area (Å²) in [4.78, 5) is 31.8. The van der Waals surface area contributed by atoms with Crippen LogP contribution < -0.4 is 10.2 Å². The zero-order valence-corrected chi connectivity index (χ0v) is 19.6. The first-order valence-corrected chi connectivity index (χ1v) is 9.94. The second-order valence-corrected chi connectivity index (χ2v) is 6.68. The van der Waals surface area contributed by atoms with E-state index in [0.29, 0.717) is 26.1 Å². The molecule has 0 aromatic carbocycles. The van der Waals surface area contributed by atoms with Gasteiger partial charge in [-0.2, -0.15) is 0 Å². The molecule has 1 aliphatic rings. The first-order valence-electron chi connectivity index (χ1n) is 9.94. The Kier molecular flexibility index (Phi) is 11.8. The summed E-state index contributed by atoms with van der Waals surface area (Å²) >= 11 is 0. The fourth-order valence-electron chi connectivity index (χ4n) is 3.00. The number of aromatic nitrogens is 2. The number of rotatable bonds is 8. The average Bonchev–Trinajstić information content (AvgIpc) is 2.72. The summed E-state index contributed by atoms with van der Waals surface area (Å²) in [6.07, 6.45) is 6.23. The number of carbonyl (C=O) groups is 1. The van der Waals surface area contributed by atoms with Crippen LogP contribution in [0.25, 0.3) is 0 Å². The highest BCUT2D eigenvalue weighted by molar-refractivity contribution is 14.0. The Hall–Kier alpha value is -1.65. The summed E-state index contributed by atoms with van der Waals surface area (Å²) < 4.78 is 0. The van der Waals surface area contributed by atoms with Gasteiger partial charge in [0, 0.05) is 65.1 Å². The molecule has 8 nitrogen and oxygen atoms in total. The van der Waals surface area contributed by atoms with Crippen LogP contribution in [0.2, 0.25) is 0 Å². The third kappa shape index (κ3) is 7.76. The topological polar surface area (TPSA) is 77.0 Å². The molecule has 28 heavy (non-hydrogen) atoms. The van der Waals surface area contributed by atoms with E-state index in [-0.39, 0.29) is 29.9 Å². The molecule has 0 aliphatic carbocycles. The Bertz CT molecular complexity index is 591. The monoisotopic (exact) mass is 503 g/mol. The van der Waals surface area contributed by atoms with E-state index >= 15 is 0 Å². The second-order valence-electron chi connectivity index (χ2n) is 6.68. The third-order valence-corrected chi connectivity index (χ3v) is 4.60. The van der Waals surface area contributed by atoms with Gasteiger partial charge in [0.25, 0.3) is 0 Å². The van der Waals surface area contributed by atoms with E-state index in [9.17, 15) is 4.79 Å². The Morgan fingerprint density at radius 3 is 2.50 bits per heavy atom. The van der Waals surface area contributed by atoms with Crippen LogP contribution in [0.5, 0.6) is 0 Å². The minimum atomic E-state index is 0. The zero-order valence-electron chi connectivity index (χ0n) is 17.3. The van der Waals surface area contributed by atoms with E-state index in [1.807, 2.05) is 18.0 Å². The smallest absolute Gasteiger partial charge is 0.225 e. The van der Waals surface area contributed by atoms with Crippen LogP contribution in [0.3, 0.4) is 0 Å². The van der Waals surface area contributed by atoms with Crippen molar-refractivity contribution in [2.45, 2.75) is 33.1 Å². The second kappa shape index (κ2) is 13.5. The van der Waals surface area contributed by atoms with E-state index in [1.54, 1.807) is 12.4 Å². The van der Waals surface area contributed by atoms with Crippen molar-refractivity contribution in [2.75, 3.05) is 57.8 Å². The number of nitrogens with one attached hydrogen (secondary N) is 1. The number of halogens is 1. The van der Waals surface area contributed by atoms with Crippen LogP contribution in [-0.4, -0.2) is 84.5 Å². The van der Waals surface area contributed by atoms with E-state index in [2.05, 4.69) is 43.9 Å². The molecule has 1 aromatic rings. The fourth-order valence-corrected chi connectivity index (χ4v) is 3.00. The number of aliphatic imine (C=N–C) groups is 1. The summed E-state index contributed by atoms with van der Waals surface area (Å²) in [5.41, 5.74) is 0. The van der Waals surface area contributed by atoms with Crippen molar-refractivity contribution in [3.63, 3.8) is 0 Å². The zero-order chi connectivity index (χ0) is 19.5.